The van der Waals surface area contributed by atoms with Crippen molar-refractivity contribution < 1.29 is 9.53 Å². The van der Waals surface area contributed by atoms with Gasteiger partial charge in [0.25, 0.3) is 5.91 Å². The molecule has 2 aromatic carbocycles. The van der Waals surface area contributed by atoms with E-state index < -0.39 is 0 Å². The first-order valence-corrected chi connectivity index (χ1v) is 12.1. The average Bonchev–Trinajstić information content (AvgIpc) is 3.53. The van der Waals surface area contributed by atoms with E-state index in [1.807, 2.05) is 55.6 Å². The predicted octanol–water partition coefficient (Wildman–Crippen LogP) is 5.47. The van der Waals surface area contributed by atoms with E-state index >= 15 is 0 Å². The third-order valence-electron chi connectivity index (χ3n) is 6.67. The zero-order valence-corrected chi connectivity index (χ0v) is 19.9. The molecule has 0 fully saturated rings. The number of nitrogens with one attached hydrogen (secondary N) is 1. The molecular formula is C29H25N5O2. The first kappa shape index (κ1) is 22.0. The maximum Gasteiger partial charge on any atom is 0.251 e. The molecule has 7 heteroatoms. The molecule has 1 aliphatic heterocycles. The number of aryl methyl sites for hydroxylation is 1. The van der Waals surface area contributed by atoms with Crippen molar-refractivity contribution in [2.75, 3.05) is 0 Å². The van der Waals surface area contributed by atoms with E-state index in [0.717, 1.165) is 58.5 Å². The molecule has 1 N–H and O–H groups in total. The third kappa shape index (κ3) is 4.09. The number of fused-ring (bicyclic) bond motifs is 2. The first-order valence-electron chi connectivity index (χ1n) is 12.1. The highest BCUT2D eigenvalue weighted by molar-refractivity contribution is 5.96. The summed E-state index contributed by atoms with van der Waals surface area (Å²) in [6, 6.07) is 17.4. The second-order valence-electron chi connectivity index (χ2n) is 8.92. The Labute approximate surface area is 208 Å². The number of nitrogens with zero attached hydrogens (tertiary/aromatic N) is 4. The highest BCUT2D eigenvalue weighted by Gasteiger charge is 2.18. The van der Waals surface area contributed by atoms with E-state index in [1.54, 1.807) is 18.6 Å². The molecule has 7 nitrogen and oxygen atoms in total. The van der Waals surface area contributed by atoms with Crippen LogP contribution < -0.4 is 10.1 Å². The Balaban J connectivity index is 1.26. The van der Waals surface area contributed by atoms with Crippen molar-refractivity contribution in [1.29, 1.82) is 0 Å². The number of pyridine rings is 2. The molecule has 4 heterocycles. The molecule has 3 aromatic heterocycles. The largest absolute Gasteiger partial charge is 0.456 e. The van der Waals surface area contributed by atoms with Gasteiger partial charge in [-0.1, -0.05) is 12.1 Å². The second-order valence-corrected chi connectivity index (χ2v) is 8.92. The Morgan fingerprint density at radius 3 is 2.81 bits per heavy atom. The van der Waals surface area contributed by atoms with Gasteiger partial charge in [0.1, 0.15) is 17.3 Å². The van der Waals surface area contributed by atoms with Crippen LogP contribution in [-0.4, -0.2) is 25.4 Å². The van der Waals surface area contributed by atoms with Crippen LogP contribution in [-0.2, 0) is 19.5 Å². The van der Waals surface area contributed by atoms with Gasteiger partial charge in [0.15, 0.2) is 0 Å². The number of carbonyl (C=O) groups excluding carboxylic acids is 1. The summed E-state index contributed by atoms with van der Waals surface area (Å²) in [4.78, 5) is 26.1. The average molecular weight is 476 g/mol. The monoisotopic (exact) mass is 475 g/mol. The van der Waals surface area contributed by atoms with Crippen LogP contribution >= 0.6 is 0 Å². The minimum Gasteiger partial charge on any atom is -0.456 e. The molecule has 36 heavy (non-hydrogen) atoms. The smallest absolute Gasteiger partial charge is 0.251 e. The molecular weight excluding hydrogens is 450 g/mol. The number of benzene rings is 2. The van der Waals surface area contributed by atoms with Crippen LogP contribution in [0.25, 0.3) is 22.2 Å². The Kier molecular flexibility index (Phi) is 5.65. The van der Waals surface area contributed by atoms with Gasteiger partial charge in [-0.05, 0) is 61.4 Å². The lowest BCUT2D eigenvalue weighted by atomic mass is 10.1. The van der Waals surface area contributed by atoms with Gasteiger partial charge < -0.3 is 14.6 Å². The van der Waals surface area contributed by atoms with Crippen LogP contribution in [0.1, 0.15) is 33.7 Å². The third-order valence-corrected chi connectivity index (χ3v) is 6.67. The maximum atomic E-state index is 12.9. The fourth-order valence-corrected chi connectivity index (χ4v) is 4.73. The van der Waals surface area contributed by atoms with Crippen molar-refractivity contribution in [2.24, 2.45) is 0 Å². The Morgan fingerprint density at radius 2 is 1.92 bits per heavy atom. The fraction of sp³-hybridized carbons (Fsp3) is 0.172. The quantitative estimate of drug-likeness (QED) is 0.352. The van der Waals surface area contributed by atoms with Crippen molar-refractivity contribution in [3.8, 4) is 22.8 Å². The predicted molar refractivity (Wildman–Crippen MR) is 138 cm³/mol. The van der Waals surface area contributed by atoms with E-state index in [1.165, 1.54) is 0 Å². The number of hydrogen-bond donors (Lipinski definition) is 1. The molecule has 0 spiro atoms. The van der Waals surface area contributed by atoms with Gasteiger partial charge in [-0.2, -0.15) is 0 Å². The fourth-order valence-electron chi connectivity index (χ4n) is 4.73. The summed E-state index contributed by atoms with van der Waals surface area (Å²) in [6.45, 7) is 3.34. The van der Waals surface area contributed by atoms with Gasteiger partial charge in [0.05, 0.1) is 17.4 Å². The van der Waals surface area contributed by atoms with Gasteiger partial charge in [0, 0.05) is 60.2 Å². The normalized spacial score (nSPS) is 12.5. The Hall–Kier alpha value is -4.52. The van der Waals surface area contributed by atoms with Crippen molar-refractivity contribution in [1.82, 2.24) is 24.8 Å². The second kappa shape index (κ2) is 9.26. The lowest BCUT2D eigenvalue weighted by Gasteiger charge is -2.14. The summed E-state index contributed by atoms with van der Waals surface area (Å²) in [5, 5.41) is 3.89. The number of carbonyl (C=O) groups is 1. The standard InChI is InChI=1S/C29H25N5O2/c1-19-22(29(35)33-17-20-9-12-30-13-10-20)4-2-5-26(19)36-27-11-14-31-24-16-21(7-8-23(24)27)25-18-32-28-6-3-15-34(25)28/h2,4-5,7-14,16,18H,3,6,15,17H2,1H3,(H,33,35). The van der Waals surface area contributed by atoms with Gasteiger partial charge >= 0.3 is 0 Å². The molecule has 1 amide bonds. The summed E-state index contributed by atoms with van der Waals surface area (Å²) in [5.41, 5.74) is 5.42. The highest BCUT2D eigenvalue weighted by Crippen LogP contribution is 2.34. The molecule has 0 saturated heterocycles. The molecule has 0 aliphatic carbocycles. The number of rotatable bonds is 6. The number of aromatic nitrogens is 4. The molecule has 0 saturated carbocycles. The minimum absolute atomic E-state index is 0.146. The Morgan fingerprint density at radius 1 is 1.03 bits per heavy atom. The summed E-state index contributed by atoms with van der Waals surface area (Å²) < 4.78 is 8.62. The lowest BCUT2D eigenvalue weighted by Crippen LogP contribution is -2.23. The molecule has 0 bridgehead atoms. The molecule has 0 atom stereocenters. The van der Waals surface area contributed by atoms with Crippen LogP contribution in [0.5, 0.6) is 11.5 Å². The molecule has 0 radical (unpaired) electrons. The zero-order valence-electron chi connectivity index (χ0n) is 19.9. The number of imidazole rings is 1. The van der Waals surface area contributed by atoms with E-state index in [4.69, 9.17) is 4.74 Å². The number of hydrogen-bond acceptors (Lipinski definition) is 5. The van der Waals surface area contributed by atoms with Gasteiger partial charge in [-0.3, -0.25) is 14.8 Å². The number of amides is 1. The van der Waals surface area contributed by atoms with Gasteiger partial charge in [-0.25, -0.2) is 4.98 Å². The van der Waals surface area contributed by atoms with Crippen LogP contribution in [0.4, 0.5) is 0 Å². The minimum atomic E-state index is -0.146. The van der Waals surface area contributed by atoms with Crippen molar-refractivity contribution in [3.63, 3.8) is 0 Å². The van der Waals surface area contributed by atoms with Gasteiger partial charge in [0.2, 0.25) is 0 Å². The topological polar surface area (TPSA) is 81.9 Å². The molecule has 1 aliphatic rings. The molecule has 178 valence electrons. The molecule has 5 aromatic rings. The van der Waals surface area contributed by atoms with Crippen LogP contribution in [0.2, 0.25) is 0 Å². The summed E-state index contributed by atoms with van der Waals surface area (Å²) in [7, 11) is 0. The molecule has 0 unspecified atom stereocenters. The summed E-state index contributed by atoms with van der Waals surface area (Å²) in [6.07, 6.45) is 9.30. The van der Waals surface area contributed by atoms with E-state index in [9.17, 15) is 4.79 Å². The molecule has 6 rings (SSSR count). The zero-order chi connectivity index (χ0) is 24.5. The van der Waals surface area contributed by atoms with Crippen LogP contribution in [0.3, 0.4) is 0 Å². The first-order chi connectivity index (χ1) is 17.7. The summed E-state index contributed by atoms with van der Waals surface area (Å²) in [5.74, 6) is 2.34. The van der Waals surface area contributed by atoms with E-state index in [-0.39, 0.29) is 5.91 Å². The number of ether oxygens (including phenoxy) is 1. The van der Waals surface area contributed by atoms with Gasteiger partial charge in [-0.15, -0.1) is 0 Å². The van der Waals surface area contributed by atoms with Crippen molar-refractivity contribution in [2.45, 2.75) is 32.9 Å². The highest BCUT2D eigenvalue weighted by atomic mass is 16.5. The van der Waals surface area contributed by atoms with E-state index in [2.05, 4.69) is 37.0 Å². The maximum absolute atomic E-state index is 12.9. The SMILES string of the molecule is Cc1c(Oc2ccnc3cc(-c4cnc5n4CCC5)ccc23)cccc1C(=O)NCc1ccncc1. The Bertz CT molecular complexity index is 1580. The van der Waals surface area contributed by atoms with Crippen molar-refractivity contribution in [3.05, 3.63) is 102 Å². The lowest BCUT2D eigenvalue weighted by molar-refractivity contribution is 0.0950. The van der Waals surface area contributed by atoms with E-state index in [0.29, 0.717) is 23.6 Å². The summed E-state index contributed by atoms with van der Waals surface area (Å²) >= 11 is 0. The van der Waals surface area contributed by atoms with Crippen molar-refractivity contribution >= 4 is 16.8 Å². The van der Waals surface area contributed by atoms with Crippen LogP contribution in [0, 0.1) is 6.92 Å². The van der Waals surface area contributed by atoms with Crippen LogP contribution in [0.15, 0.2) is 79.4 Å².